The van der Waals surface area contributed by atoms with Gasteiger partial charge in [-0.05, 0) is 32.4 Å². The number of hydrogen-bond donors (Lipinski definition) is 2. The Morgan fingerprint density at radius 3 is 2.76 bits per heavy atom. The third-order valence-corrected chi connectivity index (χ3v) is 3.86. The minimum atomic E-state index is -0.171. The molecule has 0 radical (unpaired) electrons. The highest BCUT2D eigenvalue weighted by molar-refractivity contribution is 6.30. The van der Waals surface area contributed by atoms with Gasteiger partial charge in [-0.15, -0.1) is 0 Å². The van der Waals surface area contributed by atoms with Crippen LogP contribution in [0.5, 0.6) is 0 Å². The monoisotopic (exact) mass is 255 g/mol. The molecular weight excluding hydrogens is 238 g/mol. The van der Waals surface area contributed by atoms with Gasteiger partial charge in [0.05, 0.1) is 16.7 Å². The predicted octanol–water partition coefficient (Wildman–Crippen LogP) is 2.15. The Labute approximate surface area is 107 Å². The first-order valence-corrected chi connectivity index (χ1v) is 6.14. The molecule has 4 nitrogen and oxygen atoms in total. The Balaban J connectivity index is 2.37. The summed E-state index contributed by atoms with van der Waals surface area (Å²) in [6.07, 6.45) is 4.80. The van der Waals surface area contributed by atoms with Gasteiger partial charge in [0.1, 0.15) is 5.82 Å². The zero-order chi connectivity index (χ0) is 12.5. The molecule has 0 bridgehead atoms. The molecule has 1 fully saturated rings. The number of likely N-dealkylation sites (N-methyl/N-ethyl adjacent to an activating group) is 1. The van der Waals surface area contributed by atoms with Crippen LogP contribution in [0.15, 0.2) is 12.3 Å². The summed E-state index contributed by atoms with van der Waals surface area (Å²) in [6, 6.07) is 1.90. The van der Waals surface area contributed by atoms with E-state index in [4.69, 9.17) is 22.1 Å². The fourth-order valence-electron chi connectivity index (χ4n) is 2.53. The Kier molecular flexibility index (Phi) is 3.56. The molecule has 2 rings (SSSR count). The fourth-order valence-corrected chi connectivity index (χ4v) is 2.70. The van der Waals surface area contributed by atoms with Crippen LogP contribution < -0.4 is 11.1 Å². The summed E-state index contributed by atoms with van der Waals surface area (Å²) >= 11 is 5.99. The molecular formula is C12H18ClN3O. The fraction of sp³-hybridized carbons (Fsp3) is 0.583. The number of aromatic nitrogens is 1. The predicted molar refractivity (Wildman–Crippen MR) is 69.1 cm³/mol. The summed E-state index contributed by atoms with van der Waals surface area (Å²) in [4.78, 5) is 4.10. The normalized spacial score (nSPS) is 19.7. The third kappa shape index (κ3) is 2.12. The first-order chi connectivity index (χ1) is 8.13. The van der Waals surface area contributed by atoms with Crippen LogP contribution >= 0.6 is 11.6 Å². The molecule has 1 aromatic heterocycles. The number of hydrogen-bond acceptors (Lipinski definition) is 4. The summed E-state index contributed by atoms with van der Waals surface area (Å²) in [7, 11) is 3.65. The van der Waals surface area contributed by atoms with Crippen LogP contribution in [0.4, 0.5) is 5.82 Å². The standard InChI is InChI=1S/C12H18ClN3O/c1-15-10(12(17-2)4-3-5-12)9-6-8(13)7-16-11(9)14/h6-7,10,15H,3-5H2,1-2H3,(H2,14,16). The van der Waals surface area contributed by atoms with E-state index >= 15 is 0 Å². The molecule has 0 aromatic carbocycles. The number of nitrogen functional groups attached to an aromatic ring is 1. The molecule has 0 saturated heterocycles. The van der Waals surface area contributed by atoms with Crippen LogP contribution in [0, 0.1) is 0 Å². The van der Waals surface area contributed by atoms with Gasteiger partial charge in [-0.2, -0.15) is 0 Å². The molecule has 0 spiro atoms. The summed E-state index contributed by atoms with van der Waals surface area (Å²) in [5.41, 5.74) is 6.68. The van der Waals surface area contributed by atoms with Gasteiger partial charge in [-0.1, -0.05) is 11.6 Å². The lowest BCUT2D eigenvalue weighted by molar-refractivity contribution is -0.0982. The Morgan fingerprint density at radius 1 is 1.59 bits per heavy atom. The number of nitrogens with one attached hydrogen (secondary N) is 1. The van der Waals surface area contributed by atoms with Crippen LogP contribution in [-0.2, 0) is 4.74 Å². The quantitative estimate of drug-likeness (QED) is 0.866. The smallest absolute Gasteiger partial charge is 0.128 e. The molecule has 1 heterocycles. The summed E-state index contributed by atoms with van der Waals surface area (Å²) < 4.78 is 5.69. The van der Waals surface area contributed by atoms with Crippen molar-refractivity contribution < 1.29 is 4.74 Å². The van der Waals surface area contributed by atoms with Gasteiger partial charge in [-0.25, -0.2) is 4.98 Å². The van der Waals surface area contributed by atoms with Crippen LogP contribution in [0.1, 0.15) is 30.9 Å². The number of pyridine rings is 1. The average molecular weight is 256 g/mol. The highest BCUT2D eigenvalue weighted by atomic mass is 35.5. The molecule has 17 heavy (non-hydrogen) atoms. The van der Waals surface area contributed by atoms with Gasteiger partial charge in [0.15, 0.2) is 0 Å². The van der Waals surface area contributed by atoms with Crippen molar-refractivity contribution in [2.75, 3.05) is 19.9 Å². The highest BCUT2D eigenvalue weighted by Gasteiger charge is 2.45. The van der Waals surface area contributed by atoms with Gasteiger partial charge in [0.25, 0.3) is 0 Å². The van der Waals surface area contributed by atoms with E-state index < -0.39 is 0 Å². The van der Waals surface area contributed by atoms with Crippen molar-refractivity contribution in [2.24, 2.45) is 0 Å². The van der Waals surface area contributed by atoms with Gasteiger partial charge in [0.2, 0.25) is 0 Å². The van der Waals surface area contributed by atoms with Crippen LogP contribution in [0.2, 0.25) is 5.02 Å². The second-order valence-electron chi connectivity index (χ2n) is 4.47. The molecule has 0 amide bonds. The van der Waals surface area contributed by atoms with Gasteiger partial charge in [-0.3, -0.25) is 0 Å². The van der Waals surface area contributed by atoms with E-state index in [-0.39, 0.29) is 11.6 Å². The number of nitrogens with two attached hydrogens (primary N) is 1. The highest BCUT2D eigenvalue weighted by Crippen LogP contribution is 2.45. The largest absolute Gasteiger partial charge is 0.383 e. The molecule has 1 unspecified atom stereocenters. The number of nitrogens with zero attached hydrogens (tertiary/aromatic N) is 1. The van der Waals surface area contributed by atoms with Crippen LogP contribution in [0.3, 0.4) is 0 Å². The summed E-state index contributed by atoms with van der Waals surface area (Å²) in [5.74, 6) is 0.511. The maximum absolute atomic E-state index is 5.99. The van der Waals surface area contributed by atoms with Crippen molar-refractivity contribution in [3.63, 3.8) is 0 Å². The minimum Gasteiger partial charge on any atom is -0.383 e. The zero-order valence-corrected chi connectivity index (χ0v) is 10.9. The van der Waals surface area contributed by atoms with Crippen molar-refractivity contribution in [2.45, 2.75) is 30.9 Å². The van der Waals surface area contributed by atoms with Crippen LogP contribution in [0.25, 0.3) is 0 Å². The van der Waals surface area contributed by atoms with Crippen LogP contribution in [-0.4, -0.2) is 24.7 Å². The molecule has 3 N–H and O–H groups in total. The molecule has 0 aliphatic heterocycles. The number of ether oxygens (including phenoxy) is 1. The lowest BCUT2D eigenvalue weighted by atomic mass is 9.72. The van der Waals surface area contributed by atoms with Crippen molar-refractivity contribution in [1.29, 1.82) is 0 Å². The molecule has 1 aliphatic carbocycles. The molecule has 5 heteroatoms. The second-order valence-corrected chi connectivity index (χ2v) is 4.91. The number of halogens is 1. The summed E-state index contributed by atoms with van der Waals surface area (Å²) in [6.45, 7) is 0. The zero-order valence-electron chi connectivity index (χ0n) is 10.2. The van der Waals surface area contributed by atoms with E-state index in [0.717, 1.165) is 18.4 Å². The van der Waals surface area contributed by atoms with Crippen molar-refractivity contribution >= 4 is 17.4 Å². The lowest BCUT2D eigenvalue weighted by Crippen LogP contribution is -2.50. The maximum Gasteiger partial charge on any atom is 0.128 e. The first kappa shape index (κ1) is 12.6. The van der Waals surface area contributed by atoms with Crippen molar-refractivity contribution in [1.82, 2.24) is 10.3 Å². The van der Waals surface area contributed by atoms with Gasteiger partial charge < -0.3 is 15.8 Å². The SMILES string of the molecule is CNC(c1cc(Cl)cnc1N)C1(OC)CCC1. The Morgan fingerprint density at radius 2 is 2.29 bits per heavy atom. The molecule has 1 atom stereocenters. The van der Waals surface area contributed by atoms with Crippen molar-refractivity contribution in [3.05, 3.63) is 22.8 Å². The number of methoxy groups -OCH3 is 1. The number of anilines is 1. The average Bonchev–Trinajstić information content (AvgIpc) is 2.27. The van der Waals surface area contributed by atoms with E-state index in [1.807, 2.05) is 13.1 Å². The lowest BCUT2D eigenvalue weighted by Gasteiger charge is -2.46. The maximum atomic E-state index is 5.99. The summed E-state index contributed by atoms with van der Waals surface area (Å²) in [5, 5.41) is 3.87. The van der Waals surface area contributed by atoms with E-state index in [9.17, 15) is 0 Å². The van der Waals surface area contributed by atoms with E-state index in [1.165, 1.54) is 6.42 Å². The topological polar surface area (TPSA) is 60.2 Å². The van der Waals surface area contributed by atoms with E-state index in [0.29, 0.717) is 10.8 Å². The van der Waals surface area contributed by atoms with Crippen molar-refractivity contribution in [3.8, 4) is 0 Å². The third-order valence-electron chi connectivity index (χ3n) is 3.65. The molecule has 1 aromatic rings. The van der Waals surface area contributed by atoms with E-state index in [1.54, 1.807) is 13.3 Å². The number of rotatable bonds is 4. The Hall–Kier alpha value is -0.840. The Bertz CT molecular complexity index is 401. The second kappa shape index (κ2) is 4.80. The van der Waals surface area contributed by atoms with E-state index in [2.05, 4.69) is 10.3 Å². The molecule has 1 aliphatic rings. The van der Waals surface area contributed by atoms with Gasteiger partial charge in [0, 0.05) is 18.9 Å². The van der Waals surface area contributed by atoms with Gasteiger partial charge >= 0.3 is 0 Å². The minimum absolute atomic E-state index is 0.0347. The molecule has 94 valence electrons. The first-order valence-electron chi connectivity index (χ1n) is 5.76. The molecule has 1 saturated carbocycles.